The van der Waals surface area contributed by atoms with Gasteiger partial charge in [-0.05, 0) is 74.0 Å². The zero-order valence-corrected chi connectivity index (χ0v) is 17.4. The van der Waals surface area contributed by atoms with Gasteiger partial charge in [0.05, 0.1) is 6.10 Å². The third-order valence-corrected chi connectivity index (χ3v) is 10.5. The molecule has 5 fully saturated rings. The molecule has 0 aromatic carbocycles. The van der Waals surface area contributed by atoms with E-state index in [2.05, 4.69) is 20.8 Å². The molecule has 28 heavy (non-hydrogen) atoms. The van der Waals surface area contributed by atoms with Crippen LogP contribution in [0.1, 0.15) is 65.7 Å². The molecule has 0 bridgehead atoms. The average Bonchev–Trinajstić information content (AvgIpc) is 3.33. The Hall–Kier alpha value is -1.03. The molecule has 4 aliphatic carbocycles. The van der Waals surface area contributed by atoms with Crippen molar-refractivity contribution in [3.05, 3.63) is 0 Å². The number of hydrogen-bond acceptors (Lipinski definition) is 4. The third kappa shape index (κ3) is 2.08. The van der Waals surface area contributed by atoms with Crippen molar-refractivity contribution in [2.75, 3.05) is 0 Å². The van der Waals surface area contributed by atoms with Crippen molar-refractivity contribution in [2.24, 2.45) is 52.3 Å². The van der Waals surface area contributed by atoms with Gasteiger partial charge < -0.3 is 19.1 Å². The second-order valence-electron chi connectivity index (χ2n) is 11.2. The van der Waals surface area contributed by atoms with Crippen molar-refractivity contribution in [2.45, 2.75) is 77.4 Å². The maximum Gasteiger partial charge on any atom is 0.125 e. The van der Waals surface area contributed by atoms with Gasteiger partial charge >= 0.3 is 0 Å². The molecule has 5 unspecified atom stereocenters. The summed E-state index contributed by atoms with van der Waals surface area (Å²) in [5.74, 6) is 2.08. The summed E-state index contributed by atoms with van der Waals surface area (Å²) >= 11 is 0. The zero-order valence-electron chi connectivity index (χ0n) is 17.4. The van der Waals surface area contributed by atoms with E-state index in [-0.39, 0.29) is 40.3 Å². The van der Waals surface area contributed by atoms with E-state index in [1.165, 1.54) is 12.7 Å². The van der Waals surface area contributed by atoms with Crippen LogP contribution in [0.2, 0.25) is 0 Å². The molecule has 5 rings (SSSR count). The van der Waals surface area contributed by atoms with Crippen LogP contribution in [0.15, 0.2) is 0 Å². The Labute approximate surface area is 168 Å². The van der Waals surface area contributed by atoms with Crippen LogP contribution in [0.4, 0.5) is 0 Å². The van der Waals surface area contributed by atoms with E-state index in [0.717, 1.165) is 51.1 Å². The fourth-order valence-corrected chi connectivity index (χ4v) is 9.29. The Morgan fingerprint density at radius 1 is 0.964 bits per heavy atom. The van der Waals surface area contributed by atoms with Crippen LogP contribution in [0.5, 0.6) is 0 Å². The van der Waals surface area contributed by atoms with Gasteiger partial charge in [0, 0.05) is 23.2 Å². The lowest BCUT2D eigenvalue weighted by Gasteiger charge is -2.61. The summed E-state index contributed by atoms with van der Waals surface area (Å²) in [5.41, 5.74) is -0.0693. The molecule has 1 saturated heterocycles. The van der Waals surface area contributed by atoms with Crippen LogP contribution in [0.25, 0.3) is 0 Å². The van der Waals surface area contributed by atoms with Crippen molar-refractivity contribution in [1.29, 1.82) is 0 Å². The summed E-state index contributed by atoms with van der Waals surface area (Å²) in [6.45, 7) is 6.80. The highest BCUT2D eigenvalue weighted by Crippen LogP contribution is 2.74. The molecule has 4 nitrogen and oxygen atoms in total. The summed E-state index contributed by atoms with van der Waals surface area (Å²) in [5, 5.41) is 0. The summed E-state index contributed by atoms with van der Waals surface area (Å²) in [6.07, 6.45) is 10.8. The van der Waals surface area contributed by atoms with Gasteiger partial charge in [-0.15, -0.1) is 0 Å². The van der Waals surface area contributed by atoms with E-state index in [0.29, 0.717) is 23.7 Å². The highest BCUT2D eigenvalue weighted by atomic mass is 16.6. The van der Waals surface area contributed by atoms with Gasteiger partial charge in [-0.1, -0.05) is 20.8 Å². The molecule has 1 spiro atoms. The summed E-state index contributed by atoms with van der Waals surface area (Å²) in [4.78, 5) is 35.5. The van der Waals surface area contributed by atoms with E-state index in [4.69, 9.17) is 4.74 Å². The fourth-order valence-electron chi connectivity index (χ4n) is 9.29. The SMILES string of the molecule is CC(C=O)[C@H]1CC[C@H]2[C@@H]3CCC45OC4C(C=O)CC[C@]5(C)[C@H]3C(C=O)C[C@]12C. The van der Waals surface area contributed by atoms with Crippen molar-refractivity contribution >= 4 is 18.9 Å². The lowest BCUT2D eigenvalue weighted by Crippen LogP contribution is -2.61. The summed E-state index contributed by atoms with van der Waals surface area (Å²) in [7, 11) is 0. The number of epoxide rings is 1. The Kier molecular flexibility index (Phi) is 4.06. The third-order valence-electron chi connectivity index (χ3n) is 10.5. The molecular weight excluding hydrogens is 352 g/mol. The van der Waals surface area contributed by atoms with Gasteiger partial charge in [-0.2, -0.15) is 0 Å². The van der Waals surface area contributed by atoms with Gasteiger partial charge in [0.25, 0.3) is 0 Å². The quantitative estimate of drug-likeness (QED) is 0.544. The number of hydrogen-bond donors (Lipinski definition) is 0. The molecular formula is C24H34O4. The van der Waals surface area contributed by atoms with Crippen LogP contribution in [-0.4, -0.2) is 30.6 Å². The first-order chi connectivity index (χ1) is 13.4. The number of carbonyl (C=O) groups is 3. The number of ether oxygens (including phenoxy) is 1. The van der Waals surface area contributed by atoms with Crippen LogP contribution < -0.4 is 0 Å². The van der Waals surface area contributed by atoms with Gasteiger partial charge in [0.15, 0.2) is 0 Å². The smallest absolute Gasteiger partial charge is 0.125 e. The molecule has 1 heterocycles. The van der Waals surface area contributed by atoms with Gasteiger partial charge in [0.2, 0.25) is 0 Å². The van der Waals surface area contributed by atoms with Crippen LogP contribution in [0.3, 0.4) is 0 Å². The molecule has 4 saturated carbocycles. The van der Waals surface area contributed by atoms with E-state index in [1.807, 2.05) is 0 Å². The monoisotopic (exact) mass is 386 g/mol. The van der Waals surface area contributed by atoms with E-state index in [1.54, 1.807) is 0 Å². The summed E-state index contributed by atoms with van der Waals surface area (Å²) in [6, 6.07) is 0. The molecule has 0 aromatic heterocycles. The zero-order chi connectivity index (χ0) is 19.9. The predicted molar refractivity (Wildman–Crippen MR) is 104 cm³/mol. The lowest BCUT2D eigenvalue weighted by molar-refractivity contribution is -0.156. The average molecular weight is 387 g/mol. The molecule has 0 aromatic rings. The van der Waals surface area contributed by atoms with E-state index >= 15 is 0 Å². The van der Waals surface area contributed by atoms with Gasteiger partial charge in [-0.3, -0.25) is 0 Å². The second-order valence-corrected chi connectivity index (χ2v) is 11.2. The Morgan fingerprint density at radius 2 is 1.71 bits per heavy atom. The lowest BCUT2D eigenvalue weighted by atomic mass is 9.41. The minimum atomic E-state index is -0.166. The number of carbonyl (C=O) groups excluding carboxylic acids is 3. The Balaban J connectivity index is 1.52. The number of aldehydes is 3. The molecule has 154 valence electrons. The second kappa shape index (κ2) is 6.00. The normalized spacial score (nSPS) is 57.8. The maximum absolute atomic E-state index is 12.4. The van der Waals surface area contributed by atoms with Crippen LogP contribution >= 0.6 is 0 Å². The first kappa shape index (κ1) is 19.0. The largest absolute Gasteiger partial charge is 0.365 e. The first-order valence-electron chi connectivity index (χ1n) is 11.4. The Bertz CT molecular complexity index is 705. The van der Waals surface area contributed by atoms with Gasteiger partial charge in [0.1, 0.15) is 24.5 Å². The molecule has 0 radical (unpaired) electrons. The summed E-state index contributed by atoms with van der Waals surface area (Å²) < 4.78 is 6.34. The van der Waals surface area contributed by atoms with Crippen molar-refractivity contribution in [3.63, 3.8) is 0 Å². The molecule has 11 atom stereocenters. The van der Waals surface area contributed by atoms with Crippen molar-refractivity contribution in [1.82, 2.24) is 0 Å². The van der Waals surface area contributed by atoms with Crippen LogP contribution in [-0.2, 0) is 19.1 Å². The van der Waals surface area contributed by atoms with Gasteiger partial charge in [-0.25, -0.2) is 0 Å². The molecule has 0 N–H and O–H groups in total. The highest BCUT2D eigenvalue weighted by molar-refractivity contribution is 5.59. The van der Waals surface area contributed by atoms with Crippen molar-refractivity contribution in [3.8, 4) is 0 Å². The minimum Gasteiger partial charge on any atom is -0.365 e. The van der Waals surface area contributed by atoms with Crippen LogP contribution in [0, 0.1) is 52.3 Å². The topological polar surface area (TPSA) is 63.7 Å². The first-order valence-corrected chi connectivity index (χ1v) is 11.4. The minimum absolute atomic E-state index is 0.00135. The Morgan fingerprint density at radius 3 is 2.39 bits per heavy atom. The van der Waals surface area contributed by atoms with Crippen molar-refractivity contribution < 1.29 is 19.1 Å². The molecule has 5 aliphatic rings. The standard InChI is InChI=1S/C24H34O4/c1-14(11-25)18-4-5-19-17-7-9-24-21(28-24)15(12-26)6-8-23(24,3)20(17)16(13-27)10-22(18,19)2/h11-21H,4-10H2,1-3H3/t14?,15?,16?,17-,18+,19-,20-,21?,22+,23+,24?/m0/s1. The molecule has 4 heteroatoms. The predicted octanol–water partition coefficient (Wildman–Crippen LogP) is 3.85. The highest BCUT2D eigenvalue weighted by Gasteiger charge is 2.77. The van der Waals surface area contributed by atoms with E-state index < -0.39 is 0 Å². The number of fused-ring (bicyclic) bond motifs is 4. The maximum atomic E-state index is 12.4. The fraction of sp³-hybridized carbons (Fsp3) is 0.875. The molecule has 0 amide bonds. The number of rotatable bonds is 4. The molecule has 1 aliphatic heterocycles. The van der Waals surface area contributed by atoms with E-state index in [9.17, 15) is 14.4 Å².